The molecule has 0 aromatic heterocycles. The van der Waals surface area contributed by atoms with Crippen molar-refractivity contribution >= 4 is 23.4 Å². The third-order valence-corrected chi connectivity index (χ3v) is 6.55. The van der Waals surface area contributed by atoms with Crippen molar-refractivity contribution in [3.05, 3.63) is 59.7 Å². The van der Waals surface area contributed by atoms with Gasteiger partial charge in [0.05, 0.1) is 24.1 Å². The zero-order valence-electron chi connectivity index (χ0n) is 20.5. The standard InChI is InChI=1S/C27H33N3O5/c1-17(2)26(32)29-19-9-12-23-21(13-19)27(33)30(3)22-11-10-20(35-24(22)16-34-23)14-25(31)28-15-18-7-5-4-6-8-18/h4-9,12-13,17,20,22,24H,10-11,14-16H2,1-3H3,(H,28,31)(H,29,32)/t20-,22+,24+/m0/s1. The van der Waals surface area contributed by atoms with Crippen molar-refractivity contribution in [3.8, 4) is 5.75 Å². The lowest BCUT2D eigenvalue weighted by atomic mass is 9.94. The molecule has 2 N–H and O–H groups in total. The number of amides is 3. The van der Waals surface area contributed by atoms with Crippen LogP contribution in [0.2, 0.25) is 0 Å². The van der Waals surface area contributed by atoms with Crippen LogP contribution in [0.4, 0.5) is 5.69 Å². The van der Waals surface area contributed by atoms with E-state index in [0.717, 1.165) is 5.56 Å². The molecule has 0 radical (unpaired) electrons. The van der Waals surface area contributed by atoms with Gasteiger partial charge >= 0.3 is 0 Å². The first-order chi connectivity index (χ1) is 16.8. The minimum Gasteiger partial charge on any atom is -0.490 e. The van der Waals surface area contributed by atoms with E-state index in [1.54, 1.807) is 30.1 Å². The summed E-state index contributed by atoms with van der Waals surface area (Å²) in [6.07, 6.45) is 1.09. The Balaban J connectivity index is 1.39. The Morgan fingerprint density at radius 1 is 1.11 bits per heavy atom. The van der Waals surface area contributed by atoms with Gasteiger partial charge in [-0.1, -0.05) is 44.2 Å². The van der Waals surface area contributed by atoms with Gasteiger partial charge in [-0.15, -0.1) is 0 Å². The first-order valence-corrected chi connectivity index (χ1v) is 12.1. The predicted octanol–water partition coefficient (Wildman–Crippen LogP) is 3.37. The topological polar surface area (TPSA) is 97.0 Å². The molecule has 4 rings (SSSR count). The average Bonchev–Trinajstić information content (AvgIpc) is 2.86. The lowest BCUT2D eigenvalue weighted by molar-refractivity contribution is -0.134. The molecular formula is C27H33N3O5. The molecule has 2 aromatic carbocycles. The van der Waals surface area contributed by atoms with Crippen LogP contribution in [0.3, 0.4) is 0 Å². The fourth-order valence-electron chi connectivity index (χ4n) is 4.47. The second-order valence-corrected chi connectivity index (χ2v) is 9.49. The number of ether oxygens (including phenoxy) is 2. The van der Waals surface area contributed by atoms with E-state index in [9.17, 15) is 14.4 Å². The van der Waals surface area contributed by atoms with Crippen molar-refractivity contribution in [2.45, 2.75) is 57.9 Å². The van der Waals surface area contributed by atoms with Crippen LogP contribution in [0.15, 0.2) is 48.5 Å². The summed E-state index contributed by atoms with van der Waals surface area (Å²) in [5.74, 6) is -0.0701. The van der Waals surface area contributed by atoms with Crippen LogP contribution in [0.1, 0.15) is 49.0 Å². The van der Waals surface area contributed by atoms with E-state index < -0.39 is 0 Å². The second-order valence-electron chi connectivity index (χ2n) is 9.49. The van der Waals surface area contributed by atoms with Crippen LogP contribution in [0.25, 0.3) is 0 Å². The van der Waals surface area contributed by atoms with E-state index >= 15 is 0 Å². The van der Waals surface area contributed by atoms with Gasteiger partial charge in [-0.05, 0) is 36.6 Å². The molecule has 2 aliphatic heterocycles. The molecule has 3 amide bonds. The van der Waals surface area contributed by atoms with Crippen molar-refractivity contribution in [1.29, 1.82) is 0 Å². The Labute approximate surface area is 206 Å². The maximum absolute atomic E-state index is 13.3. The quantitative estimate of drug-likeness (QED) is 0.662. The number of carbonyl (C=O) groups excluding carboxylic acids is 3. The fraction of sp³-hybridized carbons (Fsp3) is 0.444. The summed E-state index contributed by atoms with van der Waals surface area (Å²) in [4.78, 5) is 39.6. The SMILES string of the molecule is CC(C)C(=O)Nc1ccc2c(c1)C(=O)N(C)[C@@H]1CC[C@@H](CC(=O)NCc3ccccc3)O[C@@H]1CO2. The molecule has 1 saturated heterocycles. The third kappa shape index (κ3) is 6.00. The molecule has 186 valence electrons. The summed E-state index contributed by atoms with van der Waals surface area (Å²) in [6, 6.07) is 14.7. The number of nitrogens with zero attached hydrogens (tertiary/aromatic N) is 1. The number of anilines is 1. The molecule has 1 fully saturated rings. The monoisotopic (exact) mass is 479 g/mol. The summed E-state index contributed by atoms with van der Waals surface area (Å²) in [6.45, 7) is 4.38. The Morgan fingerprint density at radius 2 is 1.89 bits per heavy atom. The minimum atomic E-state index is -0.335. The van der Waals surface area contributed by atoms with Crippen LogP contribution < -0.4 is 15.4 Å². The molecule has 35 heavy (non-hydrogen) atoms. The maximum Gasteiger partial charge on any atom is 0.257 e. The minimum absolute atomic E-state index is 0.0604. The highest BCUT2D eigenvalue weighted by Gasteiger charge is 2.39. The Hall–Kier alpha value is -3.39. The summed E-state index contributed by atoms with van der Waals surface area (Å²) < 4.78 is 12.2. The molecule has 8 heteroatoms. The molecule has 0 unspecified atom stereocenters. The summed E-state index contributed by atoms with van der Waals surface area (Å²) in [5.41, 5.74) is 2.02. The number of likely N-dealkylation sites (N-methyl/N-ethyl adjacent to an activating group) is 1. The smallest absolute Gasteiger partial charge is 0.257 e. The number of fused-ring (bicyclic) bond motifs is 2. The van der Waals surface area contributed by atoms with E-state index in [0.29, 0.717) is 36.4 Å². The van der Waals surface area contributed by atoms with E-state index in [1.165, 1.54) is 0 Å². The number of benzene rings is 2. The summed E-state index contributed by atoms with van der Waals surface area (Å²) >= 11 is 0. The van der Waals surface area contributed by atoms with Crippen molar-refractivity contribution < 1.29 is 23.9 Å². The molecular weight excluding hydrogens is 446 g/mol. The van der Waals surface area contributed by atoms with Crippen LogP contribution in [-0.4, -0.2) is 54.5 Å². The third-order valence-electron chi connectivity index (χ3n) is 6.55. The van der Waals surface area contributed by atoms with Crippen LogP contribution in [0.5, 0.6) is 5.75 Å². The zero-order valence-corrected chi connectivity index (χ0v) is 20.5. The van der Waals surface area contributed by atoms with Gasteiger partial charge in [0.2, 0.25) is 11.8 Å². The van der Waals surface area contributed by atoms with E-state index in [1.807, 2.05) is 44.2 Å². The van der Waals surface area contributed by atoms with Gasteiger partial charge in [0.15, 0.2) is 0 Å². The number of carbonyl (C=O) groups is 3. The van der Waals surface area contributed by atoms with Crippen LogP contribution >= 0.6 is 0 Å². The van der Waals surface area contributed by atoms with Gasteiger partial charge in [-0.2, -0.15) is 0 Å². The Bertz CT molecular complexity index is 1070. The number of rotatable bonds is 6. The fourth-order valence-corrected chi connectivity index (χ4v) is 4.47. The van der Waals surface area contributed by atoms with E-state index in [-0.39, 0.29) is 54.9 Å². The molecule has 0 aliphatic carbocycles. The predicted molar refractivity (Wildman–Crippen MR) is 132 cm³/mol. The lowest BCUT2D eigenvalue weighted by Crippen LogP contribution is -2.53. The van der Waals surface area contributed by atoms with Crippen molar-refractivity contribution in [2.24, 2.45) is 5.92 Å². The lowest BCUT2D eigenvalue weighted by Gasteiger charge is -2.42. The summed E-state index contributed by atoms with van der Waals surface area (Å²) in [5, 5.41) is 5.79. The van der Waals surface area contributed by atoms with Crippen molar-refractivity contribution in [3.63, 3.8) is 0 Å². The van der Waals surface area contributed by atoms with Crippen LogP contribution in [0, 0.1) is 5.92 Å². The highest BCUT2D eigenvalue weighted by atomic mass is 16.5. The zero-order chi connectivity index (χ0) is 24.9. The highest BCUT2D eigenvalue weighted by Crippen LogP contribution is 2.32. The van der Waals surface area contributed by atoms with Crippen molar-refractivity contribution in [2.75, 3.05) is 19.0 Å². The first kappa shape index (κ1) is 24.7. The largest absolute Gasteiger partial charge is 0.490 e. The van der Waals surface area contributed by atoms with E-state index in [4.69, 9.17) is 9.47 Å². The van der Waals surface area contributed by atoms with Gasteiger partial charge in [-0.3, -0.25) is 14.4 Å². The highest BCUT2D eigenvalue weighted by molar-refractivity contribution is 6.00. The maximum atomic E-state index is 13.3. The molecule has 0 bridgehead atoms. The van der Waals surface area contributed by atoms with Gasteiger partial charge in [0.25, 0.3) is 5.91 Å². The number of nitrogens with one attached hydrogen (secondary N) is 2. The molecule has 0 spiro atoms. The number of hydrogen-bond donors (Lipinski definition) is 2. The Kier molecular flexibility index (Phi) is 7.70. The van der Waals surface area contributed by atoms with Gasteiger partial charge in [-0.25, -0.2) is 0 Å². The number of hydrogen-bond acceptors (Lipinski definition) is 5. The molecule has 2 aromatic rings. The Morgan fingerprint density at radius 3 is 2.63 bits per heavy atom. The normalized spacial score (nSPS) is 21.8. The van der Waals surface area contributed by atoms with Crippen molar-refractivity contribution in [1.82, 2.24) is 10.2 Å². The molecule has 3 atom stereocenters. The first-order valence-electron chi connectivity index (χ1n) is 12.1. The molecule has 8 nitrogen and oxygen atoms in total. The molecule has 2 aliphatic rings. The van der Waals surface area contributed by atoms with E-state index in [2.05, 4.69) is 10.6 Å². The average molecular weight is 480 g/mol. The van der Waals surface area contributed by atoms with Crippen LogP contribution in [-0.2, 0) is 20.9 Å². The second kappa shape index (κ2) is 10.9. The van der Waals surface area contributed by atoms with Gasteiger partial charge in [0.1, 0.15) is 18.5 Å². The van der Waals surface area contributed by atoms with Gasteiger partial charge < -0.3 is 25.0 Å². The molecule has 0 saturated carbocycles. The molecule has 2 heterocycles. The summed E-state index contributed by atoms with van der Waals surface area (Å²) in [7, 11) is 1.77. The van der Waals surface area contributed by atoms with Gasteiger partial charge in [0, 0.05) is 25.2 Å².